The Hall–Kier alpha value is -1.13. The Morgan fingerprint density at radius 2 is 0.844 bits per heavy atom. The molecule has 0 saturated heterocycles. The van der Waals surface area contributed by atoms with Gasteiger partial charge in [-0.3, -0.25) is 4.79 Å². The Balaban J connectivity index is 3.55. The molecule has 0 spiro atoms. The van der Waals surface area contributed by atoms with E-state index in [1.807, 2.05) is 6.08 Å². The van der Waals surface area contributed by atoms with Gasteiger partial charge in [0.1, 0.15) is 0 Å². The summed E-state index contributed by atoms with van der Waals surface area (Å²) in [5.41, 5.74) is 0. The molecule has 0 aliphatic carbocycles. The molecule has 0 radical (unpaired) electrons. The van der Waals surface area contributed by atoms with Crippen LogP contribution >= 0.6 is 0 Å². The minimum atomic E-state index is -0.836. The predicted octanol–water partition coefficient (Wildman–Crippen LogP) is 12.1. The second-order valence-corrected chi connectivity index (χ2v) is 13.7. The van der Waals surface area contributed by atoms with E-state index >= 15 is 0 Å². The van der Waals surface area contributed by atoms with Crippen molar-refractivity contribution in [2.24, 2.45) is 0 Å². The fraction of sp³-hybridized carbons (Fsp3) is 0.878. The molecule has 2 unspecified atom stereocenters. The largest absolute Gasteiger partial charge is 0.394 e. The first-order chi connectivity index (χ1) is 22.2. The number of aliphatic hydroxyl groups is 2. The van der Waals surface area contributed by atoms with Crippen LogP contribution in [-0.2, 0) is 4.79 Å². The summed E-state index contributed by atoms with van der Waals surface area (Å²) < 4.78 is 0. The first-order valence-corrected chi connectivity index (χ1v) is 20.1. The third-order valence-corrected chi connectivity index (χ3v) is 9.18. The molecule has 0 aromatic carbocycles. The summed E-state index contributed by atoms with van der Waals surface area (Å²) in [6, 6.07) is -0.620. The third-order valence-electron chi connectivity index (χ3n) is 9.18. The van der Waals surface area contributed by atoms with E-state index in [0.29, 0.717) is 6.42 Å². The fourth-order valence-electron chi connectivity index (χ4n) is 6.05. The quantitative estimate of drug-likeness (QED) is 0.0475. The maximum atomic E-state index is 12.3. The van der Waals surface area contributed by atoms with Crippen LogP contribution in [0.4, 0.5) is 0 Å². The third kappa shape index (κ3) is 34.0. The van der Waals surface area contributed by atoms with Gasteiger partial charge in [-0.1, -0.05) is 186 Å². The van der Waals surface area contributed by atoms with E-state index < -0.39 is 12.1 Å². The average Bonchev–Trinajstić information content (AvgIpc) is 3.04. The summed E-state index contributed by atoms with van der Waals surface area (Å²) in [5.74, 6) is -0.0691. The van der Waals surface area contributed by atoms with Crippen LogP contribution in [0, 0.1) is 0 Å². The van der Waals surface area contributed by atoms with Gasteiger partial charge < -0.3 is 15.5 Å². The molecule has 45 heavy (non-hydrogen) atoms. The molecule has 3 N–H and O–H groups in total. The van der Waals surface area contributed by atoms with Crippen molar-refractivity contribution in [1.29, 1.82) is 0 Å². The van der Waals surface area contributed by atoms with E-state index in [1.54, 1.807) is 6.08 Å². The van der Waals surface area contributed by atoms with Crippen LogP contribution in [0.1, 0.15) is 213 Å². The number of allylic oxidation sites excluding steroid dienone is 3. The van der Waals surface area contributed by atoms with Crippen LogP contribution in [0.2, 0.25) is 0 Å². The maximum absolute atomic E-state index is 12.3. The zero-order chi connectivity index (χ0) is 32.9. The lowest BCUT2D eigenvalue weighted by molar-refractivity contribution is -0.123. The van der Waals surface area contributed by atoms with E-state index in [1.165, 1.54) is 167 Å². The van der Waals surface area contributed by atoms with Gasteiger partial charge in [0.2, 0.25) is 5.91 Å². The maximum Gasteiger partial charge on any atom is 0.220 e. The molecule has 2 atom stereocenters. The molecule has 1 amide bonds. The van der Waals surface area contributed by atoms with E-state index in [0.717, 1.165) is 25.7 Å². The van der Waals surface area contributed by atoms with Gasteiger partial charge in [0.15, 0.2) is 0 Å². The van der Waals surface area contributed by atoms with Gasteiger partial charge in [0.05, 0.1) is 18.8 Å². The highest BCUT2D eigenvalue weighted by Gasteiger charge is 2.17. The van der Waals surface area contributed by atoms with Crippen molar-refractivity contribution in [3.8, 4) is 0 Å². The summed E-state index contributed by atoms with van der Waals surface area (Å²) in [6.45, 7) is 4.29. The van der Waals surface area contributed by atoms with Gasteiger partial charge in [0.25, 0.3) is 0 Å². The normalized spacial score (nSPS) is 13.2. The van der Waals surface area contributed by atoms with Crippen molar-refractivity contribution in [1.82, 2.24) is 5.32 Å². The van der Waals surface area contributed by atoms with Crippen molar-refractivity contribution in [3.05, 3.63) is 24.3 Å². The van der Waals surface area contributed by atoms with E-state index in [2.05, 4.69) is 31.3 Å². The Morgan fingerprint density at radius 1 is 0.511 bits per heavy atom. The number of carbonyl (C=O) groups is 1. The Kier molecular flexibility index (Phi) is 36.4. The number of unbranched alkanes of at least 4 members (excludes halogenated alkanes) is 27. The van der Waals surface area contributed by atoms with E-state index in [9.17, 15) is 15.0 Å². The zero-order valence-electron chi connectivity index (χ0n) is 30.4. The first-order valence-electron chi connectivity index (χ1n) is 20.1. The summed E-state index contributed by atoms with van der Waals surface area (Å²) in [7, 11) is 0. The van der Waals surface area contributed by atoms with Gasteiger partial charge in [-0.25, -0.2) is 0 Å². The molecule has 0 aromatic heterocycles. The highest BCUT2D eigenvalue weighted by atomic mass is 16.3. The van der Waals surface area contributed by atoms with Crippen LogP contribution < -0.4 is 5.32 Å². The highest BCUT2D eigenvalue weighted by molar-refractivity contribution is 5.76. The monoisotopic (exact) mass is 634 g/mol. The lowest BCUT2D eigenvalue weighted by Crippen LogP contribution is -2.45. The van der Waals surface area contributed by atoms with E-state index in [4.69, 9.17) is 0 Å². The summed E-state index contributed by atoms with van der Waals surface area (Å²) in [4.78, 5) is 12.3. The molecule has 0 aliphatic rings. The van der Waals surface area contributed by atoms with Gasteiger partial charge in [-0.15, -0.1) is 0 Å². The van der Waals surface area contributed by atoms with Crippen molar-refractivity contribution in [2.75, 3.05) is 6.61 Å². The van der Waals surface area contributed by atoms with Crippen LogP contribution in [-0.4, -0.2) is 34.9 Å². The topological polar surface area (TPSA) is 69.6 Å². The summed E-state index contributed by atoms with van der Waals surface area (Å²) >= 11 is 0. The molecular formula is C41H79NO3. The van der Waals surface area contributed by atoms with Crippen LogP contribution in [0.15, 0.2) is 24.3 Å². The second-order valence-electron chi connectivity index (χ2n) is 13.7. The predicted molar refractivity (Wildman–Crippen MR) is 198 cm³/mol. The molecule has 0 fully saturated rings. The van der Waals surface area contributed by atoms with Crippen LogP contribution in [0.3, 0.4) is 0 Å². The summed E-state index contributed by atoms with van der Waals surface area (Å²) in [5, 5.41) is 22.9. The van der Waals surface area contributed by atoms with Crippen molar-refractivity contribution < 1.29 is 15.0 Å². The molecule has 0 heterocycles. The molecular weight excluding hydrogens is 554 g/mol. The van der Waals surface area contributed by atoms with Gasteiger partial charge in [0, 0.05) is 6.42 Å². The number of hydrogen-bond acceptors (Lipinski definition) is 3. The number of carbonyl (C=O) groups excluding carboxylic acids is 1. The average molecular weight is 634 g/mol. The molecule has 0 rings (SSSR count). The van der Waals surface area contributed by atoms with E-state index in [-0.39, 0.29) is 12.5 Å². The Morgan fingerprint density at radius 3 is 1.22 bits per heavy atom. The zero-order valence-corrected chi connectivity index (χ0v) is 30.4. The second kappa shape index (κ2) is 37.3. The first kappa shape index (κ1) is 43.9. The highest BCUT2D eigenvalue weighted by Crippen LogP contribution is 2.14. The van der Waals surface area contributed by atoms with Crippen molar-refractivity contribution in [2.45, 2.75) is 225 Å². The standard InChI is InChI=1S/C41H79NO3/c1-3-5-7-9-11-13-15-16-17-18-19-20-21-22-23-24-25-27-29-31-33-35-37-41(45)42-39(38-43)40(44)36-34-32-30-28-26-14-12-10-8-6-4-2/h21-22,34,36,39-40,43-44H,3-20,23-33,35,37-38H2,1-2H3,(H,42,45)/b22-21-,36-34+. The molecule has 266 valence electrons. The van der Waals surface area contributed by atoms with Crippen molar-refractivity contribution in [3.63, 3.8) is 0 Å². The number of hydrogen-bond donors (Lipinski definition) is 3. The Labute approximate surface area is 281 Å². The molecule has 4 nitrogen and oxygen atoms in total. The lowest BCUT2D eigenvalue weighted by atomic mass is 10.0. The molecule has 0 aliphatic heterocycles. The number of rotatable bonds is 36. The minimum absolute atomic E-state index is 0.0691. The minimum Gasteiger partial charge on any atom is -0.394 e. The molecule has 4 heteroatoms. The number of aliphatic hydroxyl groups excluding tert-OH is 2. The van der Waals surface area contributed by atoms with Gasteiger partial charge in [-0.05, 0) is 44.9 Å². The molecule has 0 aromatic rings. The number of nitrogens with one attached hydrogen (secondary N) is 1. The number of amides is 1. The van der Waals surface area contributed by atoms with Gasteiger partial charge in [-0.2, -0.15) is 0 Å². The molecule has 0 bridgehead atoms. The Bertz CT molecular complexity index is 647. The van der Waals surface area contributed by atoms with Crippen LogP contribution in [0.25, 0.3) is 0 Å². The smallest absolute Gasteiger partial charge is 0.220 e. The SMILES string of the molecule is CCCCCCCCCCC/C=C/C(O)C(CO)NC(=O)CCCCCCCCC/C=C\CCCCCCCCCCCCC. The van der Waals surface area contributed by atoms with Gasteiger partial charge >= 0.3 is 0 Å². The molecule has 0 saturated carbocycles. The fourth-order valence-corrected chi connectivity index (χ4v) is 6.05. The van der Waals surface area contributed by atoms with Crippen molar-refractivity contribution >= 4 is 5.91 Å². The summed E-state index contributed by atoms with van der Waals surface area (Å²) in [6.07, 6.45) is 47.0. The lowest BCUT2D eigenvalue weighted by Gasteiger charge is -2.20. The van der Waals surface area contributed by atoms with Crippen LogP contribution in [0.5, 0.6) is 0 Å².